The van der Waals surface area contributed by atoms with E-state index < -0.39 is 5.67 Å². The third-order valence-electron chi connectivity index (χ3n) is 3.42. The molecular weight excluding hydrogens is 153 g/mol. The van der Waals surface area contributed by atoms with Crippen LogP contribution in [0.2, 0.25) is 0 Å². The van der Waals surface area contributed by atoms with Crippen molar-refractivity contribution in [2.75, 3.05) is 20.1 Å². The summed E-state index contributed by atoms with van der Waals surface area (Å²) >= 11 is 0. The van der Waals surface area contributed by atoms with Crippen molar-refractivity contribution in [3.05, 3.63) is 0 Å². The Morgan fingerprint density at radius 2 is 2.00 bits per heavy atom. The Hall–Kier alpha value is -0.110. The first-order chi connectivity index (χ1) is 5.63. The molecule has 1 nitrogen and oxygen atoms in total. The molecule has 0 saturated heterocycles. The maximum atomic E-state index is 14.0. The molecule has 0 bridgehead atoms. The highest BCUT2D eigenvalue weighted by atomic mass is 19.1. The Balaban J connectivity index is 1.86. The van der Waals surface area contributed by atoms with Gasteiger partial charge >= 0.3 is 0 Å². The first-order valence-electron chi connectivity index (χ1n) is 5.00. The summed E-state index contributed by atoms with van der Waals surface area (Å²) in [5, 5.41) is 0. The van der Waals surface area contributed by atoms with Gasteiger partial charge in [-0.15, -0.1) is 0 Å². The first kappa shape index (κ1) is 8.49. The molecule has 2 aliphatic rings. The third kappa shape index (κ3) is 1.49. The van der Waals surface area contributed by atoms with E-state index in [4.69, 9.17) is 0 Å². The lowest BCUT2D eigenvalue weighted by Gasteiger charge is -2.26. The number of halogens is 1. The van der Waals surface area contributed by atoms with Crippen LogP contribution in [0.4, 0.5) is 4.39 Å². The number of hydrogen-bond donors (Lipinski definition) is 0. The highest BCUT2D eigenvalue weighted by Gasteiger charge is 2.54. The van der Waals surface area contributed by atoms with E-state index in [0.29, 0.717) is 6.54 Å². The molecule has 12 heavy (non-hydrogen) atoms. The molecule has 2 fully saturated rings. The van der Waals surface area contributed by atoms with Gasteiger partial charge in [0, 0.05) is 6.54 Å². The molecule has 0 aromatic rings. The second kappa shape index (κ2) is 2.69. The topological polar surface area (TPSA) is 3.24 Å². The van der Waals surface area contributed by atoms with Gasteiger partial charge in [0.25, 0.3) is 0 Å². The lowest BCUT2D eigenvalue weighted by Crippen LogP contribution is -2.36. The molecule has 1 unspecified atom stereocenters. The van der Waals surface area contributed by atoms with Crippen molar-refractivity contribution in [1.29, 1.82) is 0 Å². The predicted octanol–water partition coefficient (Wildman–Crippen LogP) is 2.08. The van der Waals surface area contributed by atoms with Crippen molar-refractivity contribution >= 4 is 0 Å². The zero-order valence-corrected chi connectivity index (χ0v) is 8.02. The van der Waals surface area contributed by atoms with Gasteiger partial charge < -0.3 is 4.90 Å². The normalized spacial score (nSPS) is 45.0. The van der Waals surface area contributed by atoms with Gasteiger partial charge in [-0.2, -0.15) is 0 Å². The lowest BCUT2D eigenvalue weighted by molar-refractivity contribution is 0.101. The lowest BCUT2D eigenvalue weighted by atomic mass is 9.99. The smallest absolute Gasteiger partial charge is 0.124 e. The standard InChI is InChI=1S/C10H18FN/c1-3-12(2)7-10(11)5-8-4-9(8)6-10/h8-9H,3-7H2,1-2H3/t8-,9+,10?. The minimum absolute atomic E-state index is 0.649. The summed E-state index contributed by atoms with van der Waals surface area (Å²) in [6.07, 6.45) is 2.98. The Morgan fingerprint density at radius 1 is 1.42 bits per heavy atom. The largest absolute Gasteiger partial charge is 0.303 e. The van der Waals surface area contributed by atoms with Crippen molar-refractivity contribution in [2.24, 2.45) is 11.8 Å². The van der Waals surface area contributed by atoms with Crippen LogP contribution in [0.25, 0.3) is 0 Å². The molecule has 2 heteroatoms. The van der Waals surface area contributed by atoms with Gasteiger partial charge in [0.05, 0.1) is 0 Å². The van der Waals surface area contributed by atoms with Crippen LogP contribution in [0.15, 0.2) is 0 Å². The highest BCUT2D eigenvalue weighted by molar-refractivity contribution is 5.05. The number of nitrogens with zero attached hydrogens (tertiary/aromatic N) is 1. The molecule has 0 spiro atoms. The molecule has 0 aromatic heterocycles. The minimum Gasteiger partial charge on any atom is -0.303 e. The minimum atomic E-state index is -0.835. The Labute approximate surface area is 73.9 Å². The van der Waals surface area contributed by atoms with Crippen molar-refractivity contribution in [1.82, 2.24) is 4.90 Å². The van der Waals surface area contributed by atoms with E-state index in [9.17, 15) is 4.39 Å². The zero-order valence-electron chi connectivity index (χ0n) is 8.02. The zero-order chi connectivity index (χ0) is 8.77. The van der Waals surface area contributed by atoms with Crippen molar-refractivity contribution in [2.45, 2.75) is 31.9 Å². The molecule has 70 valence electrons. The van der Waals surface area contributed by atoms with Gasteiger partial charge in [0.15, 0.2) is 0 Å². The van der Waals surface area contributed by atoms with Gasteiger partial charge in [0.1, 0.15) is 5.67 Å². The number of fused-ring (bicyclic) bond motifs is 1. The van der Waals surface area contributed by atoms with Crippen LogP contribution < -0.4 is 0 Å². The number of rotatable bonds is 3. The van der Waals surface area contributed by atoms with Crippen LogP contribution >= 0.6 is 0 Å². The fourth-order valence-electron chi connectivity index (χ4n) is 2.56. The molecule has 0 N–H and O–H groups in total. The Morgan fingerprint density at radius 3 is 2.50 bits per heavy atom. The summed E-state index contributed by atoms with van der Waals surface area (Å²) in [7, 11) is 2.01. The van der Waals surface area contributed by atoms with Gasteiger partial charge in [-0.3, -0.25) is 0 Å². The molecule has 0 amide bonds. The maximum absolute atomic E-state index is 14.0. The summed E-state index contributed by atoms with van der Waals surface area (Å²) in [6.45, 7) is 3.69. The third-order valence-corrected chi connectivity index (χ3v) is 3.42. The van der Waals surface area contributed by atoms with Gasteiger partial charge in [0.2, 0.25) is 0 Å². The molecule has 3 atom stereocenters. The second-order valence-electron chi connectivity index (χ2n) is 4.65. The summed E-state index contributed by atoms with van der Waals surface area (Å²) in [4.78, 5) is 2.09. The summed E-state index contributed by atoms with van der Waals surface area (Å²) in [6, 6.07) is 0. The first-order valence-corrected chi connectivity index (χ1v) is 5.00. The summed E-state index contributed by atoms with van der Waals surface area (Å²) < 4.78 is 14.0. The predicted molar refractivity (Wildman–Crippen MR) is 47.8 cm³/mol. The SMILES string of the molecule is CCN(C)CC1(F)C[C@H]2C[C@H]2C1. The van der Waals surface area contributed by atoms with Crippen molar-refractivity contribution < 1.29 is 4.39 Å². The summed E-state index contributed by atoms with van der Waals surface area (Å²) in [5.74, 6) is 1.50. The van der Waals surface area contributed by atoms with Gasteiger partial charge in [-0.1, -0.05) is 6.92 Å². The highest BCUT2D eigenvalue weighted by Crippen LogP contribution is 2.57. The van der Waals surface area contributed by atoms with Crippen LogP contribution in [-0.4, -0.2) is 30.7 Å². The molecule has 2 rings (SSSR count). The van der Waals surface area contributed by atoms with E-state index in [2.05, 4.69) is 11.8 Å². The maximum Gasteiger partial charge on any atom is 0.124 e. The Kier molecular flexibility index (Phi) is 1.90. The van der Waals surface area contributed by atoms with Crippen LogP contribution in [0.3, 0.4) is 0 Å². The average Bonchev–Trinajstić information content (AvgIpc) is 2.59. The van der Waals surface area contributed by atoms with Crippen molar-refractivity contribution in [3.63, 3.8) is 0 Å². The summed E-state index contributed by atoms with van der Waals surface area (Å²) in [5.41, 5.74) is -0.835. The van der Waals surface area contributed by atoms with Gasteiger partial charge in [-0.05, 0) is 44.7 Å². The number of hydrogen-bond acceptors (Lipinski definition) is 1. The fraction of sp³-hybridized carbons (Fsp3) is 1.00. The monoisotopic (exact) mass is 171 g/mol. The van der Waals surface area contributed by atoms with E-state index in [1.54, 1.807) is 0 Å². The fourth-order valence-corrected chi connectivity index (χ4v) is 2.56. The van der Waals surface area contributed by atoms with E-state index in [0.717, 1.165) is 31.2 Å². The van der Waals surface area contributed by atoms with Crippen molar-refractivity contribution in [3.8, 4) is 0 Å². The molecule has 0 heterocycles. The van der Waals surface area contributed by atoms with Crippen LogP contribution in [-0.2, 0) is 0 Å². The van der Waals surface area contributed by atoms with E-state index in [1.165, 1.54) is 6.42 Å². The second-order valence-corrected chi connectivity index (χ2v) is 4.65. The molecule has 0 radical (unpaired) electrons. The van der Waals surface area contributed by atoms with E-state index >= 15 is 0 Å². The average molecular weight is 171 g/mol. The van der Waals surface area contributed by atoms with Crippen LogP contribution in [0, 0.1) is 11.8 Å². The molecule has 0 aromatic carbocycles. The van der Waals surface area contributed by atoms with E-state index in [1.807, 2.05) is 7.05 Å². The van der Waals surface area contributed by atoms with E-state index in [-0.39, 0.29) is 0 Å². The molecule has 0 aliphatic heterocycles. The molecule has 2 aliphatic carbocycles. The van der Waals surface area contributed by atoms with Crippen LogP contribution in [0.1, 0.15) is 26.2 Å². The quantitative estimate of drug-likeness (QED) is 0.628. The van der Waals surface area contributed by atoms with Crippen LogP contribution in [0.5, 0.6) is 0 Å². The van der Waals surface area contributed by atoms with Gasteiger partial charge in [-0.25, -0.2) is 4.39 Å². The Bertz CT molecular complexity index is 171. The molecule has 2 saturated carbocycles. The number of alkyl halides is 1. The molecular formula is C10H18FN.